The highest BCUT2D eigenvalue weighted by atomic mass is 32.2. The molecule has 0 saturated carbocycles. The SMILES string of the molecule is Cc1ccc(-c2ccc(/C=C3\SC(=O)NC3=O)o2)cc1[N+](=O)[O-]. The Kier molecular flexibility index (Phi) is 3.75. The lowest BCUT2D eigenvalue weighted by Gasteiger charge is -2.00. The van der Waals surface area contributed by atoms with Crippen molar-refractivity contribution in [2.45, 2.75) is 6.92 Å². The van der Waals surface area contributed by atoms with Crippen LogP contribution < -0.4 is 5.32 Å². The summed E-state index contributed by atoms with van der Waals surface area (Å²) < 4.78 is 5.59. The average Bonchev–Trinajstić information content (AvgIpc) is 3.06. The van der Waals surface area contributed by atoms with E-state index >= 15 is 0 Å². The third-order valence-corrected chi connectivity index (χ3v) is 4.04. The molecule has 0 radical (unpaired) electrons. The van der Waals surface area contributed by atoms with Gasteiger partial charge in [0.25, 0.3) is 16.8 Å². The van der Waals surface area contributed by atoms with E-state index < -0.39 is 16.1 Å². The van der Waals surface area contributed by atoms with Gasteiger partial charge in [-0.15, -0.1) is 0 Å². The highest BCUT2D eigenvalue weighted by molar-refractivity contribution is 8.18. The maximum absolute atomic E-state index is 11.5. The van der Waals surface area contributed by atoms with Crippen molar-refractivity contribution in [2.75, 3.05) is 0 Å². The van der Waals surface area contributed by atoms with Crippen LogP contribution in [0.25, 0.3) is 17.4 Å². The Labute approximate surface area is 134 Å². The number of nitrogens with one attached hydrogen (secondary N) is 1. The maximum Gasteiger partial charge on any atom is 0.290 e. The largest absolute Gasteiger partial charge is 0.457 e. The summed E-state index contributed by atoms with van der Waals surface area (Å²) in [4.78, 5) is 33.4. The topological polar surface area (TPSA) is 102 Å². The molecule has 0 atom stereocenters. The molecule has 7 nitrogen and oxygen atoms in total. The minimum Gasteiger partial charge on any atom is -0.457 e. The lowest BCUT2D eigenvalue weighted by atomic mass is 10.1. The first kappa shape index (κ1) is 15.0. The summed E-state index contributed by atoms with van der Waals surface area (Å²) in [6.45, 7) is 1.66. The molecule has 1 N–H and O–H groups in total. The normalized spacial score (nSPS) is 16.0. The predicted octanol–water partition coefficient (Wildman–Crippen LogP) is 3.49. The summed E-state index contributed by atoms with van der Waals surface area (Å²) in [6, 6.07) is 8.09. The van der Waals surface area contributed by atoms with Crippen LogP contribution in [0.4, 0.5) is 10.5 Å². The summed E-state index contributed by atoms with van der Waals surface area (Å²) >= 11 is 0.794. The second kappa shape index (κ2) is 5.73. The highest BCUT2D eigenvalue weighted by Gasteiger charge is 2.25. The Morgan fingerprint density at radius 2 is 2.04 bits per heavy atom. The molecular weight excluding hydrogens is 320 g/mol. The first-order valence-electron chi connectivity index (χ1n) is 6.54. The minimum absolute atomic E-state index is 0.00938. The number of hydrogen-bond donors (Lipinski definition) is 1. The zero-order valence-corrected chi connectivity index (χ0v) is 12.7. The molecular formula is C15H10N2O5S. The van der Waals surface area contributed by atoms with E-state index in [1.807, 2.05) is 0 Å². The number of aryl methyl sites for hydroxylation is 1. The van der Waals surface area contributed by atoms with Crippen LogP contribution in [0.2, 0.25) is 0 Å². The number of hydrogen-bond acceptors (Lipinski definition) is 6. The van der Waals surface area contributed by atoms with Crippen molar-refractivity contribution in [3.63, 3.8) is 0 Å². The third-order valence-electron chi connectivity index (χ3n) is 3.23. The maximum atomic E-state index is 11.5. The van der Waals surface area contributed by atoms with Gasteiger partial charge in [-0.2, -0.15) is 0 Å². The van der Waals surface area contributed by atoms with E-state index in [0.29, 0.717) is 22.6 Å². The molecule has 0 spiro atoms. The first-order valence-corrected chi connectivity index (χ1v) is 7.36. The number of thioether (sulfide) groups is 1. The van der Waals surface area contributed by atoms with Crippen LogP contribution in [0, 0.1) is 17.0 Å². The van der Waals surface area contributed by atoms with Crippen LogP contribution in [0.15, 0.2) is 39.7 Å². The lowest BCUT2D eigenvalue weighted by molar-refractivity contribution is -0.385. The van der Waals surface area contributed by atoms with Gasteiger partial charge < -0.3 is 4.42 Å². The van der Waals surface area contributed by atoms with Crippen molar-refractivity contribution in [3.05, 3.63) is 56.7 Å². The number of benzene rings is 1. The average molecular weight is 330 g/mol. The van der Waals surface area contributed by atoms with Crippen LogP contribution in [0.3, 0.4) is 0 Å². The van der Waals surface area contributed by atoms with Crippen molar-refractivity contribution >= 4 is 34.7 Å². The van der Waals surface area contributed by atoms with E-state index in [4.69, 9.17) is 4.42 Å². The van der Waals surface area contributed by atoms with Crippen LogP contribution in [-0.4, -0.2) is 16.1 Å². The molecule has 8 heteroatoms. The summed E-state index contributed by atoms with van der Waals surface area (Å²) in [6.07, 6.45) is 1.46. The van der Waals surface area contributed by atoms with Gasteiger partial charge in [-0.1, -0.05) is 12.1 Å². The number of rotatable bonds is 3. The fourth-order valence-electron chi connectivity index (χ4n) is 2.10. The summed E-state index contributed by atoms with van der Waals surface area (Å²) in [5.41, 5.74) is 1.13. The van der Waals surface area contributed by atoms with Crippen molar-refractivity contribution in [1.82, 2.24) is 5.32 Å². The molecule has 2 amide bonds. The van der Waals surface area contributed by atoms with E-state index in [-0.39, 0.29) is 10.6 Å². The van der Waals surface area contributed by atoms with Crippen molar-refractivity contribution in [1.29, 1.82) is 0 Å². The predicted molar refractivity (Wildman–Crippen MR) is 84.6 cm³/mol. The molecule has 23 heavy (non-hydrogen) atoms. The van der Waals surface area contributed by atoms with E-state index in [1.165, 1.54) is 12.1 Å². The fraction of sp³-hybridized carbons (Fsp3) is 0.0667. The Morgan fingerprint density at radius 1 is 1.26 bits per heavy atom. The summed E-state index contributed by atoms with van der Waals surface area (Å²) in [5, 5.41) is 12.7. The fourth-order valence-corrected chi connectivity index (χ4v) is 2.76. The minimum atomic E-state index is -0.469. The molecule has 2 aromatic rings. The van der Waals surface area contributed by atoms with Crippen LogP contribution in [0.5, 0.6) is 0 Å². The molecule has 116 valence electrons. The van der Waals surface area contributed by atoms with E-state index in [9.17, 15) is 19.7 Å². The zero-order chi connectivity index (χ0) is 16.6. The number of nitrogens with zero attached hydrogens (tertiary/aromatic N) is 1. The Morgan fingerprint density at radius 3 is 2.70 bits per heavy atom. The standard InChI is InChI=1S/C15H10N2O5S/c1-8-2-3-9(6-11(8)17(20)21)12-5-4-10(22-12)7-13-14(18)16-15(19)23-13/h2-7H,1H3,(H,16,18,19)/b13-7-. The molecule has 2 heterocycles. The molecule has 1 aliphatic rings. The number of nitro groups is 1. The van der Waals surface area contributed by atoms with E-state index in [0.717, 1.165) is 11.8 Å². The Bertz CT molecular complexity index is 869. The van der Waals surface area contributed by atoms with Gasteiger partial charge in [-0.25, -0.2) is 0 Å². The number of furan rings is 1. The molecule has 1 aromatic heterocycles. The van der Waals surface area contributed by atoms with Crippen molar-refractivity contribution in [2.24, 2.45) is 0 Å². The van der Waals surface area contributed by atoms with E-state index in [1.54, 1.807) is 31.2 Å². The highest BCUT2D eigenvalue weighted by Crippen LogP contribution is 2.30. The van der Waals surface area contributed by atoms with Crippen LogP contribution >= 0.6 is 11.8 Å². The quantitative estimate of drug-likeness (QED) is 0.525. The molecule has 1 aromatic carbocycles. The number of nitro benzene ring substituents is 1. The molecule has 1 fully saturated rings. The molecule has 3 rings (SSSR count). The molecule has 0 aliphatic carbocycles. The summed E-state index contributed by atoms with van der Waals surface area (Å²) in [7, 11) is 0. The Hall–Kier alpha value is -2.87. The smallest absolute Gasteiger partial charge is 0.290 e. The first-order chi connectivity index (χ1) is 10.9. The van der Waals surface area contributed by atoms with Gasteiger partial charge in [0.15, 0.2) is 0 Å². The second-order valence-electron chi connectivity index (χ2n) is 4.81. The van der Waals surface area contributed by atoms with Crippen LogP contribution in [-0.2, 0) is 4.79 Å². The van der Waals surface area contributed by atoms with Gasteiger partial charge in [0.2, 0.25) is 0 Å². The van der Waals surface area contributed by atoms with Gasteiger partial charge in [0.05, 0.1) is 9.83 Å². The number of carbonyl (C=O) groups is 2. The second-order valence-corrected chi connectivity index (χ2v) is 5.83. The number of imide groups is 1. The van der Waals surface area contributed by atoms with Crippen LogP contribution in [0.1, 0.15) is 11.3 Å². The molecule has 1 aliphatic heterocycles. The zero-order valence-electron chi connectivity index (χ0n) is 11.9. The summed E-state index contributed by atoms with van der Waals surface area (Å²) in [5.74, 6) is 0.356. The third kappa shape index (κ3) is 3.02. The van der Waals surface area contributed by atoms with Gasteiger partial charge in [-0.05, 0) is 30.8 Å². The molecule has 0 bridgehead atoms. The van der Waals surface area contributed by atoms with Crippen molar-refractivity contribution < 1.29 is 18.9 Å². The van der Waals surface area contributed by atoms with Crippen molar-refractivity contribution in [3.8, 4) is 11.3 Å². The lowest BCUT2D eigenvalue weighted by Crippen LogP contribution is -2.17. The number of amides is 2. The van der Waals surface area contributed by atoms with E-state index in [2.05, 4.69) is 5.32 Å². The number of carbonyl (C=O) groups excluding carboxylic acids is 2. The monoisotopic (exact) mass is 330 g/mol. The Balaban J connectivity index is 1.92. The van der Waals surface area contributed by atoms with Gasteiger partial charge in [0.1, 0.15) is 11.5 Å². The van der Waals surface area contributed by atoms with Gasteiger partial charge >= 0.3 is 0 Å². The van der Waals surface area contributed by atoms with Gasteiger partial charge in [0, 0.05) is 23.3 Å². The molecule has 1 saturated heterocycles. The van der Waals surface area contributed by atoms with Gasteiger partial charge in [-0.3, -0.25) is 25.0 Å². The molecule has 0 unspecified atom stereocenters.